The summed E-state index contributed by atoms with van der Waals surface area (Å²) in [5.74, 6) is -1.38. The molecule has 1 amide bonds. The summed E-state index contributed by atoms with van der Waals surface area (Å²) in [4.78, 5) is 11.8. The zero-order valence-electron chi connectivity index (χ0n) is 13.7. The summed E-state index contributed by atoms with van der Waals surface area (Å²) in [5.41, 5.74) is 0.861. The summed E-state index contributed by atoms with van der Waals surface area (Å²) in [6, 6.07) is 11.0. The van der Waals surface area contributed by atoms with Gasteiger partial charge in [-0.05, 0) is 37.6 Å². The molecule has 0 bridgehead atoms. The molecule has 2 N–H and O–H groups in total. The van der Waals surface area contributed by atoms with Crippen LogP contribution in [-0.4, -0.2) is 20.4 Å². The van der Waals surface area contributed by atoms with E-state index in [0.717, 1.165) is 22.2 Å². The molecule has 5 nitrogen and oxygen atoms in total. The molecule has 2 rings (SSSR count). The molecule has 0 aliphatic heterocycles. The normalized spacial score (nSPS) is 13.9. The fourth-order valence-corrected chi connectivity index (χ4v) is 4.16. The van der Waals surface area contributed by atoms with Crippen LogP contribution >= 0.6 is 15.9 Å². The van der Waals surface area contributed by atoms with Crippen molar-refractivity contribution in [3.05, 3.63) is 64.4 Å². The summed E-state index contributed by atoms with van der Waals surface area (Å²) in [6.07, 6.45) is 0. The Balaban J connectivity index is 2.08. The van der Waals surface area contributed by atoms with Gasteiger partial charge in [-0.15, -0.1) is 0 Å². The van der Waals surface area contributed by atoms with Crippen LogP contribution in [0.5, 0.6) is 0 Å². The van der Waals surface area contributed by atoms with Gasteiger partial charge in [-0.25, -0.2) is 12.8 Å². The molecule has 0 unspecified atom stereocenters. The lowest BCUT2D eigenvalue weighted by atomic mass is 10.1. The predicted octanol–water partition coefficient (Wildman–Crippen LogP) is 3.13. The van der Waals surface area contributed by atoms with Crippen LogP contribution in [0.4, 0.5) is 4.39 Å². The number of carbonyl (C=O) groups excluding carboxylic acids is 1. The molecule has 2 aromatic carbocycles. The minimum atomic E-state index is -4.14. The van der Waals surface area contributed by atoms with Gasteiger partial charge in [0.05, 0.1) is 12.1 Å². The van der Waals surface area contributed by atoms with Crippen molar-refractivity contribution in [2.45, 2.75) is 30.8 Å². The number of sulfonamides is 1. The molecule has 0 aliphatic carbocycles. The van der Waals surface area contributed by atoms with E-state index in [1.54, 1.807) is 6.92 Å². The summed E-state index contributed by atoms with van der Waals surface area (Å²) >= 11 is 3.41. The van der Waals surface area contributed by atoms with Gasteiger partial charge in [0, 0.05) is 4.47 Å². The minimum absolute atomic E-state index is 0.330. The SMILES string of the molecule is C[C@H](NS(=O)(=O)c1ccccc1F)C(=O)N[C@H](C)c1ccccc1Br. The van der Waals surface area contributed by atoms with Crippen molar-refractivity contribution in [2.24, 2.45) is 0 Å². The average Bonchev–Trinajstić information content (AvgIpc) is 2.54. The summed E-state index contributed by atoms with van der Waals surface area (Å²) in [5, 5.41) is 2.74. The van der Waals surface area contributed by atoms with E-state index in [2.05, 4.69) is 26.0 Å². The Morgan fingerprint density at radius 3 is 2.32 bits per heavy atom. The van der Waals surface area contributed by atoms with Gasteiger partial charge in [0.25, 0.3) is 0 Å². The first-order chi connectivity index (χ1) is 11.7. The van der Waals surface area contributed by atoms with Crippen molar-refractivity contribution in [1.29, 1.82) is 0 Å². The fourth-order valence-electron chi connectivity index (χ4n) is 2.25. The molecule has 0 spiro atoms. The minimum Gasteiger partial charge on any atom is -0.348 e. The van der Waals surface area contributed by atoms with Crippen LogP contribution in [0.3, 0.4) is 0 Å². The third kappa shape index (κ3) is 4.87. The average molecular weight is 429 g/mol. The number of hydrogen-bond acceptors (Lipinski definition) is 3. The van der Waals surface area contributed by atoms with Gasteiger partial charge in [-0.1, -0.05) is 46.3 Å². The number of rotatable bonds is 6. The Bertz CT molecular complexity index is 874. The number of amides is 1. The number of hydrogen-bond donors (Lipinski definition) is 2. The van der Waals surface area contributed by atoms with Crippen LogP contribution in [0.2, 0.25) is 0 Å². The maximum Gasteiger partial charge on any atom is 0.244 e. The molecule has 0 aromatic heterocycles. The van der Waals surface area contributed by atoms with Crippen LogP contribution in [0, 0.1) is 5.82 Å². The van der Waals surface area contributed by atoms with Crippen LogP contribution in [0.15, 0.2) is 57.9 Å². The molecule has 2 atom stereocenters. The zero-order chi connectivity index (χ0) is 18.6. The first kappa shape index (κ1) is 19.6. The van der Waals surface area contributed by atoms with Gasteiger partial charge in [0.1, 0.15) is 10.7 Å². The molecule has 2 aromatic rings. The van der Waals surface area contributed by atoms with Crippen molar-refractivity contribution in [3.8, 4) is 0 Å². The van der Waals surface area contributed by atoms with E-state index >= 15 is 0 Å². The fraction of sp³-hybridized carbons (Fsp3) is 0.235. The van der Waals surface area contributed by atoms with Gasteiger partial charge in [-0.2, -0.15) is 4.72 Å². The van der Waals surface area contributed by atoms with Crippen molar-refractivity contribution in [3.63, 3.8) is 0 Å². The predicted molar refractivity (Wildman–Crippen MR) is 96.9 cm³/mol. The van der Waals surface area contributed by atoms with E-state index in [0.29, 0.717) is 0 Å². The van der Waals surface area contributed by atoms with E-state index in [4.69, 9.17) is 0 Å². The van der Waals surface area contributed by atoms with Gasteiger partial charge in [0.15, 0.2) is 0 Å². The highest BCUT2D eigenvalue weighted by atomic mass is 79.9. The smallest absolute Gasteiger partial charge is 0.244 e. The van der Waals surface area contributed by atoms with Crippen LogP contribution < -0.4 is 10.0 Å². The summed E-state index contributed by atoms with van der Waals surface area (Å²) in [6.45, 7) is 3.19. The lowest BCUT2D eigenvalue weighted by molar-refractivity contribution is -0.123. The molecule has 0 heterocycles. The van der Waals surface area contributed by atoms with E-state index in [1.165, 1.54) is 19.1 Å². The Hall–Kier alpha value is -1.77. The standard InChI is InChI=1S/C17H18BrFN2O3S/c1-11(13-7-3-4-8-14(13)18)20-17(22)12(2)21-25(23,24)16-10-6-5-9-15(16)19/h3-12,21H,1-2H3,(H,20,22)/t11-,12+/m1/s1. The lowest BCUT2D eigenvalue weighted by Crippen LogP contribution is -2.45. The largest absolute Gasteiger partial charge is 0.348 e. The van der Waals surface area contributed by atoms with Crippen molar-refractivity contribution >= 4 is 31.9 Å². The lowest BCUT2D eigenvalue weighted by Gasteiger charge is -2.19. The molecule has 0 aliphatic rings. The highest BCUT2D eigenvalue weighted by Gasteiger charge is 2.25. The number of benzene rings is 2. The number of carbonyl (C=O) groups is 1. The molecule has 25 heavy (non-hydrogen) atoms. The van der Waals surface area contributed by atoms with Crippen LogP contribution in [0.25, 0.3) is 0 Å². The van der Waals surface area contributed by atoms with E-state index in [1.807, 2.05) is 24.3 Å². The Morgan fingerprint density at radius 2 is 1.68 bits per heavy atom. The first-order valence-electron chi connectivity index (χ1n) is 7.54. The second kappa shape index (κ2) is 8.07. The number of halogens is 2. The second-order valence-electron chi connectivity index (χ2n) is 5.53. The molecular formula is C17H18BrFN2O3S. The van der Waals surface area contributed by atoms with E-state index < -0.39 is 32.7 Å². The zero-order valence-corrected chi connectivity index (χ0v) is 16.1. The molecule has 0 fully saturated rings. The highest BCUT2D eigenvalue weighted by molar-refractivity contribution is 9.10. The maximum atomic E-state index is 13.7. The second-order valence-corrected chi connectivity index (χ2v) is 8.06. The van der Waals surface area contributed by atoms with E-state index in [9.17, 15) is 17.6 Å². The van der Waals surface area contributed by atoms with Gasteiger partial charge < -0.3 is 5.32 Å². The molecular weight excluding hydrogens is 411 g/mol. The Morgan fingerprint density at radius 1 is 1.08 bits per heavy atom. The third-order valence-corrected chi connectivity index (χ3v) is 5.88. The Labute approximate surface area is 154 Å². The molecule has 134 valence electrons. The van der Waals surface area contributed by atoms with Gasteiger partial charge in [0.2, 0.25) is 15.9 Å². The number of nitrogens with one attached hydrogen (secondary N) is 2. The molecule has 0 saturated heterocycles. The maximum absolute atomic E-state index is 13.7. The molecule has 0 radical (unpaired) electrons. The molecule has 0 saturated carbocycles. The van der Waals surface area contributed by atoms with Crippen molar-refractivity contribution < 1.29 is 17.6 Å². The summed E-state index contributed by atoms with van der Waals surface area (Å²) < 4.78 is 41.2. The first-order valence-corrected chi connectivity index (χ1v) is 9.81. The van der Waals surface area contributed by atoms with Gasteiger partial charge >= 0.3 is 0 Å². The summed E-state index contributed by atoms with van der Waals surface area (Å²) in [7, 11) is -4.14. The molecule has 8 heteroatoms. The highest BCUT2D eigenvalue weighted by Crippen LogP contribution is 2.22. The third-order valence-electron chi connectivity index (χ3n) is 3.58. The Kier molecular flexibility index (Phi) is 6.31. The van der Waals surface area contributed by atoms with Crippen LogP contribution in [-0.2, 0) is 14.8 Å². The van der Waals surface area contributed by atoms with Crippen molar-refractivity contribution in [2.75, 3.05) is 0 Å². The monoisotopic (exact) mass is 428 g/mol. The topological polar surface area (TPSA) is 75.3 Å². The quantitative estimate of drug-likeness (QED) is 0.741. The van der Waals surface area contributed by atoms with Crippen molar-refractivity contribution in [1.82, 2.24) is 10.0 Å². The van der Waals surface area contributed by atoms with Gasteiger partial charge in [-0.3, -0.25) is 4.79 Å². The van der Waals surface area contributed by atoms with Crippen LogP contribution in [0.1, 0.15) is 25.5 Å². The van der Waals surface area contributed by atoms with E-state index in [-0.39, 0.29) is 6.04 Å².